The average Bonchev–Trinajstić information content (AvgIpc) is 2.91. The molecule has 2 N–H and O–H groups in total. The van der Waals surface area contributed by atoms with Crippen LogP contribution in [0, 0.1) is 22.6 Å². The predicted molar refractivity (Wildman–Crippen MR) is 106 cm³/mol. The smallest absolute Gasteiger partial charge is 0.282 e. The van der Waals surface area contributed by atoms with Crippen molar-refractivity contribution in [1.82, 2.24) is 4.90 Å². The van der Waals surface area contributed by atoms with Crippen LogP contribution in [0.4, 0.5) is 13.2 Å². The summed E-state index contributed by atoms with van der Waals surface area (Å²) in [6.07, 6.45) is 1.64. The first-order valence-corrected chi connectivity index (χ1v) is 9.96. The highest BCUT2D eigenvalue weighted by Gasteiger charge is 2.58. The van der Waals surface area contributed by atoms with E-state index in [-0.39, 0.29) is 12.2 Å². The maximum absolute atomic E-state index is 14.5. The van der Waals surface area contributed by atoms with Gasteiger partial charge in [0.1, 0.15) is 11.2 Å². The molecule has 0 radical (unpaired) electrons. The van der Waals surface area contributed by atoms with Crippen molar-refractivity contribution in [2.24, 2.45) is 11.1 Å². The number of nitrogens with two attached hydrogens (primary N) is 1. The topological polar surface area (TPSA) is 70.1 Å². The number of likely N-dealkylation sites (tertiary alicyclic amines) is 1. The number of carbonyl (C=O) groups excluding carboxylic acids is 1. The second-order valence-electron chi connectivity index (χ2n) is 8.25. The molecule has 4 nitrogen and oxygen atoms in total. The Kier molecular flexibility index (Phi) is 5.07. The summed E-state index contributed by atoms with van der Waals surface area (Å²) in [6.45, 7) is -0.773. The molecule has 1 heterocycles. The summed E-state index contributed by atoms with van der Waals surface area (Å²) >= 11 is 0. The van der Waals surface area contributed by atoms with Gasteiger partial charge in [-0.25, -0.2) is 13.2 Å². The first-order chi connectivity index (χ1) is 14.3. The molecule has 1 aliphatic carbocycles. The van der Waals surface area contributed by atoms with Gasteiger partial charge in [0.05, 0.1) is 24.7 Å². The van der Waals surface area contributed by atoms with E-state index in [2.05, 4.69) is 0 Å². The van der Waals surface area contributed by atoms with Crippen LogP contribution in [-0.2, 0) is 11.2 Å². The highest BCUT2D eigenvalue weighted by molar-refractivity contribution is 5.87. The third kappa shape index (κ3) is 3.46. The van der Waals surface area contributed by atoms with Crippen LogP contribution in [0.1, 0.15) is 24.8 Å². The third-order valence-electron chi connectivity index (χ3n) is 6.30. The standard InChI is InChI=1S/C23H22F3N3O/c24-18-7-2-6-17(12-18)16-5-1-4-15(10-16)11-19-20(28)23(25,26)14-29(19)21(30)22(13-27)8-3-9-22/h1-2,4-7,10,12,19-20H,3,8-9,11,14,28H2/t19-,20+/m0/s1. The number of nitrogens with zero attached hydrogens (tertiary/aromatic N) is 2. The fourth-order valence-corrected chi connectivity index (χ4v) is 4.35. The van der Waals surface area contributed by atoms with E-state index in [4.69, 9.17) is 5.73 Å². The molecule has 156 valence electrons. The predicted octanol–water partition coefficient (Wildman–Crippen LogP) is 3.90. The molecule has 1 saturated carbocycles. The fourth-order valence-electron chi connectivity index (χ4n) is 4.35. The number of nitriles is 1. The van der Waals surface area contributed by atoms with Gasteiger partial charge in [0, 0.05) is 0 Å². The van der Waals surface area contributed by atoms with Crippen LogP contribution >= 0.6 is 0 Å². The first-order valence-electron chi connectivity index (χ1n) is 9.96. The van der Waals surface area contributed by atoms with Crippen LogP contribution in [-0.4, -0.2) is 35.4 Å². The highest BCUT2D eigenvalue weighted by Crippen LogP contribution is 2.45. The normalized spacial score (nSPS) is 24.2. The zero-order valence-corrected chi connectivity index (χ0v) is 16.3. The lowest BCUT2D eigenvalue weighted by molar-refractivity contribution is -0.145. The lowest BCUT2D eigenvalue weighted by Gasteiger charge is -2.39. The van der Waals surface area contributed by atoms with Crippen LogP contribution in [0.25, 0.3) is 11.1 Å². The molecule has 2 fully saturated rings. The molecule has 0 aromatic heterocycles. The Labute approximate surface area is 173 Å². The molecule has 2 aromatic rings. The van der Waals surface area contributed by atoms with Crippen molar-refractivity contribution < 1.29 is 18.0 Å². The summed E-state index contributed by atoms with van der Waals surface area (Å²) in [5.41, 5.74) is 6.79. The van der Waals surface area contributed by atoms with Crippen LogP contribution in [0.3, 0.4) is 0 Å². The van der Waals surface area contributed by atoms with E-state index >= 15 is 0 Å². The van der Waals surface area contributed by atoms with Crippen LogP contribution in [0.2, 0.25) is 0 Å². The molecule has 1 saturated heterocycles. The Morgan fingerprint density at radius 3 is 2.43 bits per heavy atom. The summed E-state index contributed by atoms with van der Waals surface area (Å²) in [5, 5.41) is 9.48. The van der Waals surface area contributed by atoms with E-state index < -0.39 is 35.9 Å². The summed E-state index contributed by atoms with van der Waals surface area (Å²) in [7, 11) is 0. The molecule has 0 unspecified atom stereocenters. The molecule has 1 aliphatic heterocycles. The summed E-state index contributed by atoms with van der Waals surface area (Å²) in [5.74, 6) is -4.13. The lowest BCUT2D eigenvalue weighted by atomic mass is 9.69. The molecular weight excluding hydrogens is 391 g/mol. The van der Waals surface area contributed by atoms with E-state index in [1.165, 1.54) is 12.1 Å². The van der Waals surface area contributed by atoms with Crippen molar-refractivity contribution in [2.75, 3.05) is 6.54 Å². The van der Waals surface area contributed by atoms with Gasteiger partial charge in [-0.15, -0.1) is 0 Å². The van der Waals surface area contributed by atoms with Gasteiger partial charge in [0.25, 0.3) is 5.92 Å². The zero-order valence-electron chi connectivity index (χ0n) is 16.3. The number of hydrogen-bond acceptors (Lipinski definition) is 3. The van der Waals surface area contributed by atoms with E-state index in [1.807, 2.05) is 12.1 Å². The zero-order chi connectivity index (χ0) is 21.5. The molecule has 30 heavy (non-hydrogen) atoms. The van der Waals surface area contributed by atoms with E-state index in [1.54, 1.807) is 30.3 Å². The second-order valence-corrected chi connectivity index (χ2v) is 8.25. The van der Waals surface area contributed by atoms with Crippen molar-refractivity contribution in [2.45, 2.75) is 43.7 Å². The Hall–Kier alpha value is -2.85. The number of rotatable bonds is 4. The largest absolute Gasteiger partial charge is 0.330 e. The minimum absolute atomic E-state index is 0.132. The molecule has 4 rings (SSSR count). The van der Waals surface area contributed by atoms with Crippen LogP contribution in [0.15, 0.2) is 48.5 Å². The molecular formula is C23H22F3N3O. The fraction of sp³-hybridized carbons (Fsp3) is 0.391. The van der Waals surface area contributed by atoms with E-state index in [0.29, 0.717) is 24.0 Å². The molecule has 7 heteroatoms. The Morgan fingerprint density at radius 1 is 1.17 bits per heavy atom. The quantitative estimate of drug-likeness (QED) is 0.827. The van der Waals surface area contributed by atoms with E-state index in [0.717, 1.165) is 16.9 Å². The van der Waals surface area contributed by atoms with Gasteiger partial charge in [0.15, 0.2) is 0 Å². The monoisotopic (exact) mass is 413 g/mol. The average molecular weight is 413 g/mol. The summed E-state index contributed by atoms with van der Waals surface area (Å²) < 4.78 is 42.5. The lowest BCUT2D eigenvalue weighted by Crippen LogP contribution is -2.52. The maximum atomic E-state index is 14.5. The third-order valence-corrected chi connectivity index (χ3v) is 6.30. The number of alkyl halides is 2. The van der Waals surface area contributed by atoms with Gasteiger partial charge in [0.2, 0.25) is 5.91 Å². The molecule has 2 aliphatic rings. The van der Waals surface area contributed by atoms with Crippen molar-refractivity contribution in [3.63, 3.8) is 0 Å². The van der Waals surface area contributed by atoms with Gasteiger partial charge in [-0.1, -0.05) is 36.4 Å². The van der Waals surface area contributed by atoms with Gasteiger partial charge in [-0.3, -0.25) is 4.79 Å². The molecule has 0 spiro atoms. The second kappa shape index (κ2) is 7.44. The molecule has 2 atom stereocenters. The van der Waals surface area contributed by atoms with Crippen molar-refractivity contribution in [3.05, 3.63) is 59.9 Å². The van der Waals surface area contributed by atoms with Crippen molar-refractivity contribution >= 4 is 5.91 Å². The Bertz CT molecular complexity index is 1010. The maximum Gasteiger partial charge on any atom is 0.282 e. The number of hydrogen-bond donors (Lipinski definition) is 1. The van der Waals surface area contributed by atoms with Gasteiger partial charge >= 0.3 is 0 Å². The first kappa shape index (κ1) is 20.4. The summed E-state index contributed by atoms with van der Waals surface area (Å²) in [4.78, 5) is 14.1. The Morgan fingerprint density at radius 2 is 1.83 bits per heavy atom. The van der Waals surface area contributed by atoms with Crippen molar-refractivity contribution in [1.29, 1.82) is 5.26 Å². The molecule has 2 aromatic carbocycles. The minimum Gasteiger partial charge on any atom is -0.330 e. The van der Waals surface area contributed by atoms with Crippen LogP contribution < -0.4 is 5.73 Å². The van der Waals surface area contributed by atoms with Gasteiger partial charge in [-0.2, -0.15) is 5.26 Å². The minimum atomic E-state index is -3.22. The SMILES string of the molecule is N#CC1(C(=O)N2CC(F)(F)[C@H](N)[C@@H]2Cc2cccc(-c3cccc(F)c3)c2)CCC1. The van der Waals surface area contributed by atoms with E-state index in [9.17, 15) is 23.2 Å². The summed E-state index contributed by atoms with van der Waals surface area (Å²) in [6, 6.07) is 12.9. The van der Waals surface area contributed by atoms with Gasteiger partial charge < -0.3 is 10.6 Å². The number of benzene rings is 2. The molecule has 1 amide bonds. The number of halogens is 3. The number of amides is 1. The highest BCUT2D eigenvalue weighted by atomic mass is 19.3. The van der Waals surface area contributed by atoms with Crippen LogP contribution in [0.5, 0.6) is 0 Å². The van der Waals surface area contributed by atoms with Crippen molar-refractivity contribution in [3.8, 4) is 17.2 Å². The molecule has 0 bridgehead atoms. The number of carbonyl (C=O) groups is 1. The van der Waals surface area contributed by atoms with Gasteiger partial charge in [-0.05, 0) is 54.5 Å². The Balaban J connectivity index is 1.62.